The lowest BCUT2D eigenvalue weighted by Gasteiger charge is -2.20. The first-order chi connectivity index (χ1) is 6.60. The summed E-state index contributed by atoms with van der Waals surface area (Å²) < 4.78 is 29.5. The number of carboxylic acid groups (broad SMARTS) is 1. The minimum Gasteiger partial charge on any atom is -0.480 e. The second-order valence-electron chi connectivity index (χ2n) is 3.13. The highest BCUT2D eigenvalue weighted by Crippen LogP contribution is 2.03. The summed E-state index contributed by atoms with van der Waals surface area (Å²) in [4.78, 5) is 21.2. The van der Waals surface area contributed by atoms with Crippen LogP contribution in [0.1, 0.15) is 13.8 Å². The maximum Gasteiger partial charge on any atom is 0.421 e. The van der Waals surface area contributed by atoms with Crippen LogP contribution in [0.2, 0.25) is 0 Å². The van der Waals surface area contributed by atoms with Crippen LogP contribution >= 0.6 is 0 Å². The standard InChI is InChI=1S/C6H12N2O6S/c1-6(2,4(9)10)8-15(12,13)7-5(11)14-3/h8H,1-3H3,(H,7,11)(H,9,10). The number of ether oxygens (including phenoxy) is 1. The Morgan fingerprint density at radius 1 is 1.33 bits per heavy atom. The van der Waals surface area contributed by atoms with E-state index in [1.807, 2.05) is 0 Å². The fraction of sp³-hybridized carbons (Fsp3) is 0.667. The quantitative estimate of drug-likeness (QED) is 0.581. The highest BCUT2D eigenvalue weighted by Gasteiger charge is 2.33. The molecule has 9 heteroatoms. The van der Waals surface area contributed by atoms with Gasteiger partial charge in [-0.15, -0.1) is 0 Å². The lowest BCUT2D eigenvalue weighted by Crippen LogP contribution is -2.54. The van der Waals surface area contributed by atoms with Gasteiger partial charge < -0.3 is 9.84 Å². The average molecular weight is 240 g/mol. The highest BCUT2D eigenvalue weighted by molar-refractivity contribution is 7.88. The predicted molar refractivity (Wildman–Crippen MR) is 49.3 cm³/mol. The Kier molecular flexibility index (Phi) is 4.05. The summed E-state index contributed by atoms with van der Waals surface area (Å²) in [5.41, 5.74) is -1.72. The molecular weight excluding hydrogens is 228 g/mol. The van der Waals surface area contributed by atoms with Gasteiger partial charge in [-0.3, -0.25) is 4.79 Å². The van der Waals surface area contributed by atoms with Gasteiger partial charge in [-0.05, 0) is 13.8 Å². The maximum absolute atomic E-state index is 11.1. The van der Waals surface area contributed by atoms with Crippen LogP contribution in [0.25, 0.3) is 0 Å². The van der Waals surface area contributed by atoms with Crippen molar-refractivity contribution >= 4 is 22.3 Å². The Hall–Kier alpha value is -1.35. The largest absolute Gasteiger partial charge is 0.480 e. The minimum atomic E-state index is -4.25. The maximum atomic E-state index is 11.1. The van der Waals surface area contributed by atoms with Crippen LogP contribution < -0.4 is 9.44 Å². The SMILES string of the molecule is COC(=O)NS(=O)(=O)NC(C)(C)C(=O)O. The van der Waals surface area contributed by atoms with Crippen molar-refractivity contribution in [1.29, 1.82) is 0 Å². The summed E-state index contributed by atoms with van der Waals surface area (Å²) in [6.07, 6.45) is -1.20. The van der Waals surface area contributed by atoms with Crippen LogP contribution in [0, 0.1) is 0 Å². The first-order valence-electron chi connectivity index (χ1n) is 3.74. The number of carbonyl (C=O) groups is 2. The summed E-state index contributed by atoms with van der Waals surface area (Å²) in [5, 5.41) is 8.63. The number of hydrogen-bond donors (Lipinski definition) is 3. The average Bonchev–Trinajstić information content (AvgIpc) is 2.00. The molecule has 88 valence electrons. The number of amides is 1. The summed E-state index contributed by atoms with van der Waals surface area (Å²) in [6, 6.07) is 0. The third-order valence-electron chi connectivity index (χ3n) is 1.33. The first kappa shape index (κ1) is 13.7. The van der Waals surface area contributed by atoms with Gasteiger partial charge in [-0.1, -0.05) is 0 Å². The Labute approximate surface area is 86.8 Å². The molecule has 1 amide bonds. The molecule has 0 saturated carbocycles. The molecule has 0 aromatic heterocycles. The van der Waals surface area contributed by atoms with E-state index in [1.54, 1.807) is 4.72 Å². The van der Waals surface area contributed by atoms with E-state index >= 15 is 0 Å². The van der Waals surface area contributed by atoms with Gasteiger partial charge in [0.15, 0.2) is 0 Å². The molecule has 0 heterocycles. The van der Waals surface area contributed by atoms with Crippen LogP contribution in [0.5, 0.6) is 0 Å². The lowest BCUT2D eigenvalue weighted by molar-refractivity contribution is -0.142. The normalized spacial score (nSPS) is 11.9. The van der Waals surface area contributed by atoms with E-state index in [0.717, 1.165) is 21.0 Å². The van der Waals surface area contributed by atoms with E-state index in [-0.39, 0.29) is 0 Å². The molecule has 0 fully saturated rings. The van der Waals surface area contributed by atoms with Gasteiger partial charge in [0.2, 0.25) is 0 Å². The minimum absolute atomic E-state index is 0.979. The number of nitrogens with one attached hydrogen (secondary N) is 2. The van der Waals surface area contributed by atoms with Crippen LogP contribution in [0.3, 0.4) is 0 Å². The Balaban J connectivity index is 4.66. The molecule has 8 nitrogen and oxygen atoms in total. The monoisotopic (exact) mass is 240 g/mol. The molecule has 0 atom stereocenters. The topological polar surface area (TPSA) is 122 Å². The number of methoxy groups -OCH3 is 1. The second-order valence-corrected chi connectivity index (χ2v) is 4.54. The van der Waals surface area contributed by atoms with Crippen molar-refractivity contribution in [2.24, 2.45) is 0 Å². The number of carbonyl (C=O) groups excluding carboxylic acids is 1. The number of hydrogen-bond acceptors (Lipinski definition) is 5. The first-order valence-corrected chi connectivity index (χ1v) is 5.22. The summed E-state index contributed by atoms with van der Waals surface area (Å²) in [5.74, 6) is -1.38. The molecule has 0 aliphatic carbocycles. The summed E-state index contributed by atoms with van der Waals surface area (Å²) in [6.45, 7) is 2.26. The van der Waals surface area contributed by atoms with E-state index in [4.69, 9.17) is 5.11 Å². The van der Waals surface area contributed by atoms with E-state index in [1.165, 1.54) is 4.72 Å². The zero-order chi connectivity index (χ0) is 12.3. The van der Waals surface area contributed by atoms with Gasteiger partial charge in [0.05, 0.1) is 7.11 Å². The zero-order valence-electron chi connectivity index (χ0n) is 8.40. The van der Waals surface area contributed by atoms with E-state index in [2.05, 4.69) is 4.74 Å². The second kappa shape index (κ2) is 4.45. The van der Waals surface area contributed by atoms with Crippen molar-refractivity contribution in [2.45, 2.75) is 19.4 Å². The number of aliphatic carboxylic acids is 1. The number of rotatable bonds is 4. The molecule has 15 heavy (non-hydrogen) atoms. The molecular formula is C6H12N2O6S. The molecule has 0 aromatic rings. The lowest BCUT2D eigenvalue weighted by atomic mass is 10.1. The van der Waals surface area contributed by atoms with Gasteiger partial charge in [0.1, 0.15) is 5.54 Å². The van der Waals surface area contributed by atoms with Crippen molar-refractivity contribution in [2.75, 3.05) is 7.11 Å². The smallest absolute Gasteiger partial charge is 0.421 e. The molecule has 0 aliphatic rings. The predicted octanol–water partition coefficient (Wildman–Crippen LogP) is -0.960. The molecule has 0 rings (SSSR count). The van der Waals surface area contributed by atoms with Crippen LogP contribution in [-0.2, 0) is 19.7 Å². The van der Waals surface area contributed by atoms with Crippen LogP contribution in [0.15, 0.2) is 0 Å². The molecule has 3 N–H and O–H groups in total. The van der Waals surface area contributed by atoms with Crippen molar-refractivity contribution < 1.29 is 27.9 Å². The third kappa shape index (κ3) is 4.61. The van der Waals surface area contributed by atoms with E-state index in [9.17, 15) is 18.0 Å². The van der Waals surface area contributed by atoms with Gasteiger partial charge in [-0.2, -0.15) is 13.1 Å². The van der Waals surface area contributed by atoms with Gasteiger partial charge >= 0.3 is 22.3 Å². The van der Waals surface area contributed by atoms with E-state index in [0.29, 0.717) is 0 Å². The van der Waals surface area contributed by atoms with Crippen molar-refractivity contribution in [1.82, 2.24) is 9.44 Å². The molecule has 0 radical (unpaired) electrons. The van der Waals surface area contributed by atoms with Gasteiger partial charge in [-0.25, -0.2) is 9.52 Å². The Bertz CT molecular complexity index is 360. The fourth-order valence-electron chi connectivity index (χ4n) is 0.556. The highest BCUT2D eigenvalue weighted by atomic mass is 32.2. The zero-order valence-corrected chi connectivity index (χ0v) is 9.21. The molecule has 0 aliphatic heterocycles. The molecule has 0 spiro atoms. The fourth-order valence-corrected chi connectivity index (χ4v) is 1.67. The third-order valence-corrected chi connectivity index (χ3v) is 2.54. The summed E-state index contributed by atoms with van der Waals surface area (Å²) >= 11 is 0. The molecule has 0 saturated heterocycles. The van der Waals surface area contributed by atoms with Crippen LogP contribution in [0.4, 0.5) is 4.79 Å². The van der Waals surface area contributed by atoms with Gasteiger partial charge in [0.25, 0.3) is 0 Å². The Morgan fingerprint density at radius 3 is 2.13 bits per heavy atom. The molecule has 0 unspecified atom stereocenters. The Morgan fingerprint density at radius 2 is 1.80 bits per heavy atom. The van der Waals surface area contributed by atoms with Crippen molar-refractivity contribution in [3.8, 4) is 0 Å². The van der Waals surface area contributed by atoms with Crippen LogP contribution in [-0.4, -0.2) is 38.2 Å². The van der Waals surface area contributed by atoms with Gasteiger partial charge in [0, 0.05) is 0 Å². The number of carboxylic acids is 1. The van der Waals surface area contributed by atoms with Crippen molar-refractivity contribution in [3.63, 3.8) is 0 Å². The van der Waals surface area contributed by atoms with E-state index < -0.39 is 27.8 Å². The van der Waals surface area contributed by atoms with Crippen molar-refractivity contribution in [3.05, 3.63) is 0 Å². The molecule has 0 aromatic carbocycles. The molecule has 0 bridgehead atoms. The summed E-state index contributed by atoms with van der Waals surface area (Å²) in [7, 11) is -3.27.